The molecule has 4 nitrogen and oxygen atoms in total. The van der Waals surface area contributed by atoms with Gasteiger partial charge in [0.25, 0.3) is 5.91 Å². The molecule has 1 atom stereocenters. The van der Waals surface area contributed by atoms with Gasteiger partial charge < -0.3 is 10.1 Å². The molecular weight excluding hydrogens is 383 g/mol. The van der Waals surface area contributed by atoms with E-state index in [4.69, 9.17) is 4.74 Å². The molecule has 0 aromatic heterocycles. The molecular formula is C22H24F3NO3. The summed E-state index contributed by atoms with van der Waals surface area (Å²) in [4.78, 5) is 24.7. The molecule has 2 aromatic rings. The number of alkyl halides is 3. The Bertz CT molecular complexity index is 851. The maximum atomic E-state index is 12.9. The van der Waals surface area contributed by atoms with Gasteiger partial charge in [-0.1, -0.05) is 24.3 Å². The Kier molecular flexibility index (Phi) is 6.72. The molecule has 2 rings (SSSR count). The average molecular weight is 407 g/mol. The predicted octanol–water partition coefficient (Wildman–Crippen LogP) is 4.72. The quantitative estimate of drug-likeness (QED) is 0.705. The number of carbonyl (C=O) groups is 2. The number of nitrogens with one attached hydrogen (secondary N) is 1. The number of Topliss-reactive ketones (excluding diaryl/α,β-unsaturated/α-hetero) is 1. The highest BCUT2D eigenvalue weighted by molar-refractivity contribution is 6.36. The predicted molar refractivity (Wildman–Crippen MR) is 104 cm³/mol. The van der Waals surface area contributed by atoms with Crippen molar-refractivity contribution in [1.29, 1.82) is 0 Å². The highest BCUT2D eigenvalue weighted by atomic mass is 19.4. The number of ether oxygens (including phenoxy) is 1. The lowest BCUT2D eigenvalue weighted by atomic mass is 9.86. The molecule has 0 saturated heterocycles. The molecule has 0 aliphatic carbocycles. The van der Waals surface area contributed by atoms with E-state index in [1.165, 1.54) is 19.2 Å². The van der Waals surface area contributed by atoms with Crippen LogP contribution in [0.4, 0.5) is 13.2 Å². The van der Waals surface area contributed by atoms with Gasteiger partial charge in [-0.15, -0.1) is 0 Å². The zero-order chi connectivity index (χ0) is 21.8. The van der Waals surface area contributed by atoms with Gasteiger partial charge in [-0.3, -0.25) is 9.59 Å². The highest BCUT2D eigenvalue weighted by Crippen LogP contribution is 2.33. The van der Waals surface area contributed by atoms with Crippen molar-refractivity contribution in [1.82, 2.24) is 5.32 Å². The first-order chi connectivity index (χ1) is 13.4. The minimum absolute atomic E-state index is 0.167. The number of rotatable bonds is 6. The molecule has 156 valence electrons. The molecule has 0 aliphatic rings. The molecule has 0 spiro atoms. The summed E-state index contributed by atoms with van der Waals surface area (Å²) in [5.74, 6) is -1.32. The first-order valence-corrected chi connectivity index (χ1v) is 9.07. The number of benzene rings is 2. The minimum atomic E-state index is -4.45. The van der Waals surface area contributed by atoms with E-state index in [9.17, 15) is 22.8 Å². The summed E-state index contributed by atoms with van der Waals surface area (Å²) in [6.07, 6.45) is -4.61. The Morgan fingerprint density at radius 1 is 0.931 bits per heavy atom. The van der Waals surface area contributed by atoms with Gasteiger partial charge in [0.15, 0.2) is 0 Å². The number of amides is 1. The summed E-state index contributed by atoms with van der Waals surface area (Å²) in [5.41, 5.74) is -0.134. The standard InChI is InChI=1S/C22H24F3NO3/c1-21(2,3)26-20(28)19(27)13-18(15-7-11-17(29-4)12-8-15)14-5-9-16(10-6-14)22(23,24)25/h5-12,18H,13H2,1-4H3,(H,26,28)/t18-/m1/s1. The van der Waals surface area contributed by atoms with Gasteiger partial charge in [0, 0.05) is 17.9 Å². The molecule has 0 fully saturated rings. The zero-order valence-electron chi connectivity index (χ0n) is 16.8. The van der Waals surface area contributed by atoms with Crippen molar-refractivity contribution in [2.45, 2.75) is 44.8 Å². The van der Waals surface area contributed by atoms with E-state index in [0.29, 0.717) is 16.9 Å². The molecule has 29 heavy (non-hydrogen) atoms. The van der Waals surface area contributed by atoms with Crippen LogP contribution in [-0.2, 0) is 15.8 Å². The van der Waals surface area contributed by atoms with Crippen LogP contribution >= 0.6 is 0 Å². The maximum Gasteiger partial charge on any atom is 0.416 e. The summed E-state index contributed by atoms with van der Waals surface area (Å²) in [6, 6.07) is 11.5. The smallest absolute Gasteiger partial charge is 0.416 e. The van der Waals surface area contributed by atoms with Crippen molar-refractivity contribution in [3.8, 4) is 5.75 Å². The summed E-state index contributed by atoms with van der Waals surface area (Å²) in [7, 11) is 1.52. The Labute approximate surface area is 168 Å². The molecule has 0 aliphatic heterocycles. The van der Waals surface area contributed by atoms with Gasteiger partial charge >= 0.3 is 6.18 Å². The Hall–Kier alpha value is -2.83. The van der Waals surface area contributed by atoms with Crippen molar-refractivity contribution in [2.24, 2.45) is 0 Å². The number of ketones is 1. The average Bonchev–Trinajstić information content (AvgIpc) is 2.64. The van der Waals surface area contributed by atoms with Gasteiger partial charge in [0.05, 0.1) is 12.7 Å². The lowest BCUT2D eigenvalue weighted by molar-refractivity contribution is -0.139. The second kappa shape index (κ2) is 8.68. The topological polar surface area (TPSA) is 55.4 Å². The van der Waals surface area contributed by atoms with Crippen molar-refractivity contribution in [2.75, 3.05) is 7.11 Å². The van der Waals surface area contributed by atoms with Gasteiger partial charge in [0.1, 0.15) is 5.75 Å². The molecule has 0 bridgehead atoms. The molecule has 0 saturated carbocycles. The van der Waals surface area contributed by atoms with Crippen LogP contribution in [0, 0.1) is 0 Å². The van der Waals surface area contributed by atoms with Crippen LogP contribution in [0.25, 0.3) is 0 Å². The number of carbonyl (C=O) groups excluding carboxylic acids is 2. The van der Waals surface area contributed by atoms with Crippen molar-refractivity contribution in [3.05, 3.63) is 65.2 Å². The normalized spacial score (nSPS) is 12.9. The van der Waals surface area contributed by atoms with Crippen LogP contribution in [0.5, 0.6) is 5.75 Å². The largest absolute Gasteiger partial charge is 0.497 e. The molecule has 0 unspecified atom stereocenters. The van der Waals surface area contributed by atoms with E-state index in [0.717, 1.165) is 12.1 Å². The number of halogens is 3. The van der Waals surface area contributed by atoms with E-state index in [1.807, 2.05) is 0 Å². The van der Waals surface area contributed by atoms with Gasteiger partial charge in [-0.2, -0.15) is 13.2 Å². The SMILES string of the molecule is COc1ccc([C@H](CC(=O)C(=O)NC(C)(C)C)c2ccc(C(F)(F)F)cc2)cc1. The van der Waals surface area contributed by atoms with E-state index in [2.05, 4.69) is 5.32 Å². The highest BCUT2D eigenvalue weighted by Gasteiger charge is 2.31. The molecule has 2 aromatic carbocycles. The third-order valence-corrected chi connectivity index (χ3v) is 4.29. The van der Waals surface area contributed by atoms with Crippen LogP contribution in [0.3, 0.4) is 0 Å². The van der Waals surface area contributed by atoms with Crippen LogP contribution < -0.4 is 10.1 Å². The Morgan fingerprint density at radius 2 is 1.41 bits per heavy atom. The fraction of sp³-hybridized carbons (Fsp3) is 0.364. The number of hydrogen-bond donors (Lipinski definition) is 1. The van der Waals surface area contributed by atoms with E-state index >= 15 is 0 Å². The van der Waals surface area contributed by atoms with Crippen molar-refractivity contribution in [3.63, 3.8) is 0 Å². The third kappa shape index (κ3) is 6.34. The van der Waals surface area contributed by atoms with Crippen LogP contribution in [0.15, 0.2) is 48.5 Å². The summed E-state index contributed by atoms with van der Waals surface area (Å²) in [6.45, 7) is 5.28. The Morgan fingerprint density at radius 3 is 1.83 bits per heavy atom. The molecule has 7 heteroatoms. The van der Waals surface area contributed by atoms with Gasteiger partial charge in [0.2, 0.25) is 5.78 Å². The summed E-state index contributed by atoms with van der Waals surface area (Å²) < 4.78 is 43.8. The zero-order valence-corrected chi connectivity index (χ0v) is 16.8. The summed E-state index contributed by atoms with van der Waals surface area (Å²) >= 11 is 0. The van der Waals surface area contributed by atoms with E-state index in [1.54, 1.807) is 45.0 Å². The number of hydrogen-bond acceptors (Lipinski definition) is 3. The van der Waals surface area contributed by atoms with Crippen LogP contribution in [0.1, 0.15) is 49.8 Å². The van der Waals surface area contributed by atoms with Crippen LogP contribution in [0.2, 0.25) is 0 Å². The second-order valence-electron chi connectivity index (χ2n) is 7.78. The molecule has 0 heterocycles. The maximum absolute atomic E-state index is 12.9. The van der Waals surface area contributed by atoms with Crippen molar-refractivity contribution < 1.29 is 27.5 Å². The van der Waals surface area contributed by atoms with E-state index in [-0.39, 0.29) is 6.42 Å². The lowest BCUT2D eigenvalue weighted by Gasteiger charge is -2.22. The first-order valence-electron chi connectivity index (χ1n) is 9.07. The Balaban J connectivity index is 2.35. The van der Waals surface area contributed by atoms with Gasteiger partial charge in [-0.25, -0.2) is 0 Å². The fourth-order valence-corrected chi connectivity index (χ4v) is 2.86. The molecule has 1 N–H and O–H groups in total. The minimum Gasteiger partial charge on any atom is -0.497 e. The monoisotopic (exact) mass is 407 g/mol. The molecule has 1 amide bonds. The third-order valence-electron chi connectivity index (χ3n) is 4.29. The summed E-state index contributed by atoms with van der Waals surface area (Å²) in [5, 5.41) is 2.62. The van der Waals surface area contributed by atoms with Gasteiger partial charge in [-0.05, 0) is 56.2 Å². The fourth-order valence-electron chi connectivity index (χ4n) is 2.86. The van der Waals surface area contributed by atoms with E-state index < -0.39 is 34.9 Å². The molecule has 0 radical (unpaired) electrons. The lowest BCUT2D eigenvalue weighted by Crippen LogP contribution is -2.44. The first kappa shape index (κ1) is 22.5. The number of methoxy groups -OCH3 is 1. The second-order valence-corrected chi connectivity index (χ2v) is 7.78. The van der Waals surface area contributed by atoms with Crippen LogP contribution in [-0.4, -0.2) is 24.3 Å². The van der Waals surface area contributed by atoms with Crippen molar-refractivity contribution >= 4 is 11.7 Å².